The Bertz CT molecular complexity index is 898. The summed E-state index contributed by atoms with van der Waals surface area (Å²) in [5, 5.41) is 7.60. The third-order valence-electron chi connectivity index (χ3n) is 3.65. The largest absolute Gasteiger partial charge is 0.487 e. The first-order valence-electron chi connectivity index (χ1n) is 8.04. The fourth-order valence-electron chi connectivity index (χ4n) is 2.37. The first kappa shape index (κ1) is 18.5. The zero-order valence-corrected chi connectivity index (χ0v) is 16.2. The smallest absolute Gasteiger partial charge is 0.251 e. The molecule has 5 nitrogen and oxygen atoms in total. The van der Waals surface area contributed by atoms with Gasteiger partial charge in [-0.25, -0.2) is 0 Å². The highest BCUT2D eigenvalue weighted by molar-refractivity contribution is 9.10. The van der Waals surface area contributed by atoms with Crippen LogP contribution in [0.5, 0.6) is 5.75 Å². The van der Waals surface area contributed by atoms with E-state index in [0.717, 1.165) is 10.0 Å². The van der Waals surface area contributed by atoms with Crippen molar-refractivity contribution in [1.82, 2.24) is 15.1 Å². The lowest BCUT2D eigenvalue weighted by Crippen LogP contribution is -2.27. The number of carbonyl (C=O) groups excluding carboxylic acids is 1. The van der Waals surface area contributed by atoms with Crippen molar-refractivity contribution in [3.63, 3.8) is 0 Å². The van der Waals surface area contributed by atoms with Gasteiger partial charge in [-0.2, -0.15) is 5.10 Å². The van der Waals surface area contributed by atoms with E-state index in [4.69, 9.17) is 16.3 Å². The summed E-state index contributed by atoms with van der Waals surface area (Å²) in [5.74, 6) is 0.491. The summed E-state index contributed by atoms with van der Waals surface area (Å²) in [6.07, 6.45) is 3.57. The standard InChI is InChI=1S/C19H17BrClN3O2/c20-16-11-23-24(12-16)9-8-22-19(25)15-5-3-4-14(10-15)13-26-18-7-2-1-6-17(18)21/h1-7,10-12H,8-9,13H2,(H,22,25). The Kier molecular flexibility index (Phi) is 6.30. The van der Waals surface area contributed by atoms with E-state index in [1.54, 1.807) is 23.0 Å². The summed E-state index contributed by atoms with van der Waals surface area (Å²) in [6.45, 7) is 1.44. The van der Waals surface area contributed by atoms with E-state index in [2.05, 4.69) is 26.3 Å². The molecule has 0 saturated heterocycles. The molecule has 3 rings (SSSR count). The Morgan fingerprint density at radius 1 is 1.23 bits per heavy atom. The number of benzene rings is 2. The summed E-state index contributed by atoms with van der Waals surface area (Å²) < 4.78 is 8.39. The van der Waals surface area contributed by atoms with Crippen molar-refractivity contribution in [1.29, 1.82) is 0 Å². The fourth-order valence-corrected chi connectivity index (χ4v) is 2.89. The number of hydrogen-bond donors (Lipinski definition) is 1. The second-order valence-electron chi connectivity index (χ2n) is 5.60. The molecule has 0 aliphatic heterocycles. The van der Waals surface area contributed by atoms with Crippen molar-refractivity contribution < 1.29 is 9.53 Å². The van der Waals surface area contributed by atoms with Gasteiger partial charge in [0.2, 0.25) is 0 Å². The lowest BCUT2D eigenvalue weighted by Gasteiger charge is -2.10. The molecule has 1 aromatic heterocycles. The summed E-state index contributed by atoms with van der Waals surface area (Å²) >= 11 is 9.43. The average molecular weight is 435 g/mol. The number of ether oxygens (including phenoxy) is 1. The van der Waals surface area contributed by atoms with Crippen LogP contribution in [0.15, 0.2) is 65.4 Å². The molecule has 0 saturated carbocycles. The maximum atomic E-state index is 12.3. The van der Waals surface area contributed by atoms with Crippen LogP contribution >= 0.6 is 27.5 Å². The van der Waals surface area contributed by atoms with Gasteiger partial charge >= 0.3 is 0 Å². The minimum absolute atomic E-state index is 0.129. The number of nitrogens with zero attached hydrogens (tertiary/aromatic N) is 2. The van der Waals surface area contributed by atoms with E-state index in [1.165, 1.54) is 0 Å². The SMILES string of the molecule is O=C(NCCn1cc(Br)cn1)c1cccc(COc2ccccc2Cl)c1. The number of aromatic nitrogens is 2. The molecule has 0 aliphatic carbocycles. The normalized spacial score (nSPS) is 10.5. The molecule has 1 amide bonds. The number of para-hydroxylation sites is 1. The molecule has 1 N–H and O–H groups in total. The van der Waals surface area contributed by atoms with Gasteiger partial charge in [-0.1, -0.05) is 35.9 Å². The van der Waals surface area contributed by atoms with Crippen molar-refractivity contribution in [2.45, 2.75) is 13.2 Å². The second kappa shape index (κ2) is 8.87. The molecule has 3 aromatic rings. The van der Waals surface area contributed by atoms with Crippen LogP contribution in [0.1, 0.15) is 15.9 Å². The molecule has 7 heteroatoms. The van der Waals surface area contributed by atoms with Gasteiger partial charge < -0.3 is 10.1 Å². The second-order valence-corrected chi connectivity index (χ2v) is 6.92. The van der Waals surface area contributed by atoms with E-state index < -0.39 is 0 Å². The van der Waals surface area contributed by atoms with E-state index in [-0.39, 0.29) is 5.91 Å². The van der Waals surface area contributed by atoms with E-state index >= 15 is 0 Å². The number of amides is 1. The first-order valence-corrected chi connectivity index (χ1v) is 9.21. The van der Waals surface area contributed by atoms with Crippen molar-refractivity contribution in [3.05, 3.63) is 81.5 Å². The lowest BCUT2D eigenvalue weighted by atomic mass is 10.1. The first-order chi connectivity index (χ1) is 12.6. The Balaban J connectivity index is 1.54. The topological polar surface area (TPSA) is 56.2 Å². The minimum atomic E-state index is -0.129. The molecule has 1 heterocycles. The van der Waals surface area contributed by atoms with Crippen molar-refractivity contribution in [2.24, 2.45) is 0 Å². The van der Waals surface area contributed by atoms with Crippen LogP contribution in [0.4, 0.5) is 0 Å². The van der Waals surface area contributed by atoms with Gasteiger partial charge in [-0.05, 0) is 45.8 Å². The van der Waals surface area contributed by atoms with Crippen molar-refractivity contribution >= 4 is 33.4 Å². The molecule has 0 atom stereocenters. The Hall–Kier alpha value is -2.31. The van der Waals surface area contributed by atoms with Gasteiger partial charge in [0.25, 0.3) is 5.91 Å². The van der Waals surface area contributed by atoms with Gasteiger partial charge in [-0.15, -0.1) is 0 Å². The molecule has 0 bridgehead atoms. The quantitative estimate of drug-likeness (QED) is 0.603. The Morgan fingerprint density at radius 2 is 2.08 bits per heavy atom. The molecule has 0 radical (unpaired) electrons. The van der Waals surface area contributed by atoms with Crippen molar-refractivity contribution in [2.75, 3.05) is 6.54 Å². The zero-order valence-electron chi connectivity index (χ0n) is 13.9. The molecule has 2 aromatic carbocycles. The van der Waals surface area contributed by atoms with Crippen LogP contribution in [0.2, 0.25) is 5.02 Å². The Morgan fingerprint density at radius 3 is 2.85 bits per heavy atom. The highest BCUT2D eigenvalue weighted by Gasteiger charge is 2.07. The third-order valence-corrected chi connectivity index (χ3v) is 4.37. The van der Waals surface area contributed by atoms with Crippen LogP contribution in [-0.4, -0.2) is 22.2 Å². The summed E-state index contributed by atoms with van der Waals surface area (Å²) in [7, 11) is 0. The number of rotatable bonds is 7. The maximum absolute atomic E-state index is 12.3. The fraction of sp³-hybridized carbons (Fsp3) is 0.158. The monoisotopic (exact) mass is 433 g/mol. The van der Waals surface area contributed by atoms with Crippen LogP contribution in [0, 0.1) is 0 Å². The highest BCUT2D eigenvalue weighted by Crippen LogP contribution is 2.24. The maximum Gasteiger partial charge on any atom is 0.251 e. The lowest BCUT2D eigenvalue weighted by molar-refractivity contribution is 0.0951. The summed E-state index contributed by atoms with van der Waals surface area (Å²) in [4.78, 5) is 12.3. The van der Waals surface area contributed by atoms with E-state index in [1.807, 2.05) is 42.6 Å². The van der Waals surface area contributed by atoms with Crippen LogP contribution in [0.3, 0.4) is 0 Å². The highest BCUT2D eigenvalue weighted by atomic mass is 79.9. The van der Waals surface area contributed by atoms with Crippen LogP contribution in [0.25, 0.3) is 0 Å². The molecule has 0 spiro atoms. The predicted octanol–water partition coefficient (Wildman–Crippen LogP) is 4.31. The van der Waals surface area contributed by atoms with Crippen molar-refractivity contribution in [3.8, 4) is 5.75 Å². The molecule has 26 heavy (non-hydrogen) atoms. The van der Waals surface area contributed by atoms with Crippen LogP contribution < -0.4 is 10.1 Å². The van der Waals surface area contributed by atoms with E-state index in [0.29, 0.717) is 36.0 Å². The predicted molar refractivity (Wildman–Crippen MR) is 104 cm³/mol. The minimum Gasteiger partial charge on any atom is -0.487 e. The Labute approximate surface area is 165 Å². The number of halogens is 2. The molecule has 134 valence electrons. The average Bonchev–Trinajstić information content (AvgIpc) is 3.06. The summed E-state index contributed by atoms with van der Waals surface area (Å²) in [6, 6.07) is 14.6. The molecule has 0 unspecified atom stereocenters. The van der Waals surface area contributed by atoms with Gasteiger partial charge in [0.1, 0.15) is 12.4 Å². The molecule has 0 fully saturated rings. The van der Waals surface area contributed by atoms with Gasteiger partial charge in [0.05, 0.1) is 22.2 Å². The van der Waals surface area contributed by atoms with Gasteiger partial charge in [0, 0.05) is 18.3 Å². The third kappa shape index (κ3) is 5.09. The molecular formula is C19H17BrClN3O2. The zero-order chi connectivity index (χ0) is 18.4. The summed E-state index contributed by atoms with van der Waals surface area (Å²) in [5.41, 5.74) is 1.49. The van der Waals surface area contributed by atoms with Crippen LogP contribution in [-0.2, 0) is 13.2 Å². The number of hydrogen-bond acceptors (Lipinski definition) is 3. The van der Waals surface area contributed by atoms with E-state index in [9.17, 15) is 4.79 Å². The number of nitrogens with one attached hydrogen (secondary N) is 1. The van der Waals surface area contributed by atoms with Gasteiger partial charge in [-0.3, -0.25) is 9.48 Å². The molecular weight excluding hydrogens is 418 g/mol. The number of carbonyl (C=O) groups is 1. The molecule has 0 aliphatic rings. The van der Waals surface area contributed by atoms with Gasteiger partial charge in [0.15, 0.2) is 0 Å².